The molecule has 1 aliphatic rings. The lowest BCUT2D eigenvalue weighted by atomic mass is 10.1. The summed E-state index contributed by atoms with van der Waals surface area (Å²) in [6, 6.07) is 20.4. The van der Waals surface area contributed by atoms with Crippen LogP contribution < -0.4 is 5.56 Å². The number of nitrogens with zero attached hydrogens (tertiary/aromatic N) is 4. The van der Waals surface area contributed by atoms with Crippen molar-refractivity contribution in [3.8, 4) is 16.8 Å². The minimum absolute atomic E-state index is 0.127. The van der Waals surface area contributed by atoms with Crippen LogP contribution in [0.25, 0.3) is 27.7 Å². The standard InChI is InChI=1S/C25H15ClN4O2/c26-18-7-8-21-19(11-18)25(32)30-22-9-6-15(10-20(22)23(31)24(30)28-21)13-29-14-17(12-27-29)16-4-2-1-3-5-16/h1-12,14H,13H2. The van der Waals surface area contributed by atoms with Crippen LogP contribution in [0.15, 0.2) is 83.9 Å². The van der Waals surface area contributed by atoms with Crippen LogP contribution in [0.4, 0.5) is 0 Å². The van der Waals surface area contributed by atoms with Crippen molar-refractivity contribution in [2.24, 2.45) is 0 Å². The lowest BCUT2D eigenvalue weighted by Crippen LogP contribution is -2.21. The molecule has 154 valence electrons. The van der Waals surface area contributed by atoms with Crippen molar-refractivity contribution in [2.45, 2.75) is 6.54 Å². The summed E-state index contributed by atoms with van der Waals surface area (Å²) < 4.78 is 3.21. The van der Waals surface area contributed by atoms with Crippen molar-refractivity contribution < 1.29 is 4.79 Å². The number of hydrogen-bond acceptors (Lipinski definition) is 4. The largest absolute Gasteiger partial charge is 0.285 e. The number of benzene rings is 3. The number of carbonyl (C=O) groups excluding carboxylic acids is 1. The third-order valence-corrected chi connectivity index (χ3v) is 5.90. The van der Waals surface area contributed by atoms with Crippen LogP contribution in [0.1, 0.15) is 21.7 Å². The number of ketones is 1. The van der Waals surface area contributed by atoms with Gasteiger partial charge in [0.1, 0.15) is 0 Å². The maximum Gasteiger partial charge on any atom is 0.266 e. The normalized spacial score (nSPS) is 12.2. The van der Waals surface area contributed by atoms with Crippen molar-refractivity contribution in [2.75, 3.05) is 0 Å². The molecule has 2 aromatic heterocycles. The second-order valence-corrected chi connectivity index (χ2v) is 8.15. The molecule has 6 rings (SSSR count). The summed E-state index contributed by atoms with van der Waals surface area (Å²) in [6.45, 7) is 0.504. The Morgan fingerprint density at radius 3 is 2.59 bits per heavy atom. The van der Waals surface area contributed by atoms with E-state index >= 15 is 0 Å². The number of carbonyl (C=O) groups is 1. The molecule has 0 spiro atoms. The highest BCUT2D eigenvalue weighted by Gasteiger charge is 2.30. The summed E-state index contributed by atoms with van der Waals surface area (Å²) >= 11 is 6.06. The average molecular weight is 439 g/mol. The van der Waals surface area contributed by atoms with Gasteiger partial charge in [-0.25, -0.2) is 4.98 Å². The molecule has 0 saturated carbocycles. The molecule has 3 aromatic carbocycles. The first-order valence-electron chi connectivity index (χ1n) is 10.1. The number of hydrogen-bond donors (Lipinski definition) is 0. The number of rotatable bonds is 3. The van der Waals surface area contributed by atoms with E-state index < -0.39 is 0 Å². The van der Waals surface area contributed by atoms with Crippen LogP contribution in [0.3, 0.4) is 0 Å². The smallest absolute Gasteiger partial charge is 0.266 e. The molecule has 6 nitrogen and oxygen atoms in total. The van der Waals surface area contributed by atoms with Gasteiger partial charge in [-0.2, -0.15) is 5.10 Å². The number of aromatic nitrogens is 4. The number of fused-ring (bicyclic) bond motifs is 4. The van der Waals surface area contributed by atoms with Gasteiger partial charge in [0.25, 0.3) is 5.56 Å². The fraction of sp³-hybridized carbons (Fsp3) is 0.0400. The molecule has 0 aliphatic carbocycles. The fourth-order valence-electron chi connectivity index (χ4n) is 4.13. The molecule has 0 saturated heterocycles. The van der Waals surface area contributed by atoms with E-state index in [0.717, 1.165) is 16.7 Å². The summed E-state index contributed by atoms with van der Waals surface area (Å²) in [4.78, 5) is 30.6. The summed E-state index contributed by atoms with van der Waals surface area (Å²) in [5.74, 6) is -0.135. The summed E-state index contributed by atoms with van der Waals surface area (Å²) in [7, 11) is 0. The molecule has 7 heteroatoms. The molecular formula is C25H15ClN4O2. The topological polar surface area (TPSA) is 69.8 Å². The second-order valence-electron chi connectivity index (χ2n) is 7.71. The number of halogens is 1. The minimum atomic E-state index is -0.299. The van der Waals surface area contributed by atoms with Crippen molar-refractivity contribution in [3.63, 3.8) is 0 Å². The molecule has 0 bridgehead atoms. The molecule has 32 heavy (non-hydrogen) atoms. The van der Waals surface area contributed by atoms with E-state index in [1.807, 2.05) is 59.5 Å². The Morgan fingerprint density at radius 2 is 1.75 bits per heavy atom. The van der Waals surface area contributed by atoms with Crippen molar-refractivity contribution in [3.05, 3.63) is 111 Å². The van der Waals surface area contributed by atoms with Gasteiger partial charge >= 0.3 is 0 Å². The van der Waals surface area contributed by atoms with Gasteiger partial charge in [0.05, 0.1) is 34.9 Å². The van der Waals surface area contributed by atoms with Crippen molar-refractivity contribution in [1.82, 2.24) is 19.3 Å². The van der Waals surface area contributed by atoms with E-state index in [1.165, 1.54) is 4.57 Å². The molecule has 0 N–H and O–H groups in total. The van der Waals surface area contributed by atoms with E-state index in [0.29, 0.717) is 33.7 Å². The maximum atomic E-state index is 13.1. The van der Waals surface area contributed by atoms with Gasteiger partial charge in [-0.3, -0.25) is 18.8 Å². The summed E-state index contributed by atoms with van der Waals surface area (Å²) in [5, 5.41) is 5.29. The Morgan fingerprint density at radius 1 is 0.906 bits per heavy atom. The first kappa shape index (κ1) is 18.7. The fourth-order valence-corrected chi connectivity index (χ4v) is 4.30. The van der Waals surface area contributed by atoms with Crippen LogP contribution in [0, 0.1) is 0 Å². The molecule has 0 atom stereocenters. The van der Waals surface area contributed by atoms with Crippen molar-refractivity contribution in [1.29, 1.82) is 0 Å². The SMILES string of the molecule is O=C1c2cc(Cn3cc(-c4ccccc4)cn3)ccc2-n2c1nc1ccc(Cl)cc1c2=O. The second kappa shape index (κ2) is 7.00. The van der Waals surface area contributed by atoms with E-state index in [1.54, 1.807) is 24.3 Å². The minimum Gasteiger partial charge on any atom is -0.285 e. The lowest BCUT2D eigenvalue weighted by Gasteiger charge is -2.07. The predicted molar refractivity (Wildman–Crippen MR) is 123 cm³/mol. The Bertz CT molecular complexity index is 1600. The molecule has 5 aromatic rings. The van der Waals surface area contributed by atoms with Crippen LogP contribution in [0.2, 0.25) is 5.02 Å². The van der Waals surface area contributed by atoms with Gasteiger partial charge in [0, 0.05) is 16.8 Å². The molecule has 0 radical (unpaired) electrons. The zero-order chi connectivity index (χ0) is 21.8. The third-order valence-electron chi connectivity index (χ3n) is 5.66. The van der Waals surface area contributed by atoms with Crippen LogP contribution in [-0.2, 0) is 6.54 Å². The van der Waals surface area contributed by atoms with Gasteiger partial charge in [0.15, 0.2) is 5.82 Å². The average Bonchev–Trinajstić information content (AvgIpc) is 3.38. The first-order chi connectivity index (χ1) is 15.6. The molecule has 1 aliphatic heterocycles. The Kier molecular flexibility index (Phi) is 4.10. The molecule has 3 heterocycles. The quantitative estimate of drug-likeness (QED) is 0.408. The predicted octanol–water partition coefficient (Wildman–Crippen LogP) is 4.50. The van der Waals surface area contributed by atoms with Gasteiger partial charge in [0.2, 0.25) is 5.78 Å². The monoisotopic (exact) mass is 438 g/mol. The Labute approximate surface area is 187 Å². The molecule has 0 unspecified atom stereocenters. The van der Waals surface area contributed by atoms with Gasteiger partial charge in [-0.1, -0.05) is 48.0 Å². The Balaban J connectivity index is 1.38. The van der Waals surface area contributed by atoms with Crippen LogP contribution >= 0.6 is 11.6 Å². The van der Waals surface area contributed by atoms with Gasteiger partial charge in [-0.05, 0) is 41.5 Å². The van der Waals surface area contributed by atoms with E-state index in [9.17, 15) is 9.59 Å². The highest BCUT2D eigenvalue weighted by atomic mass is 35.5. The maximum absolute atomic E-state index is 13.1. The molecular weight excluding hydrogens is 424 g/mol. The molecule has 0 amide bonds. The molecule has 0 fully saturated rings. The van der Waals surface area contributed by atoms with Crippen molar-refractivity contribution >= 4 is 28.3 Å². The van der Waals surface area contributed by atoms with Gasteiger partial charge < -0.3 is 0 Å². The highest BCUT2D eigenvalue weighted by molar-refractivity contribution is 6.31. The lowest BCUT2D eigenvalue weighted by molar-refractivity contribution is 0.103. The van der Waals surface area contributed by atoms with E-state index in [2.05, 4.69) is 10.1 Å². The zero-order valence-corrected chi connectivity index (χ0v) is 17.5. The van der Waals surface area contributed by atoms with E-state index in [-0.39, 0.29) is 17.2 Å². The Hall–Kier alpha value is -4.03. The summed E-state index contributed by atoms with van der Waals surface area (Å²) in [5.41, 5.74) is 4.19. The first-order valence-corrected chi connectivity index (χ1v) is 10.4. The van der Waals surface area contributed by atoms with Gasteiger partial charge in [-0.15, -0.1) is 0 Å². The van der Waals surface area contributed by atoms with Crippen LogP contribution in [0.5, 0.6) is 0 Å². The summed E-state index contributed by atoms with van der Waals surface area (Å²) in [6.07, 6.45) is 3.80. The van der Waals surface area contributed by atoms with Crippen LogP contribution in [-0.4, -0.2) is 25.1 Å². The third kappa shape index (κ3) is 2.88. The highest BCUT2D eigenvalue weighted by Crippen LogP contribution is 2.28. The van der Waals surface area contributed by atoms with E-state index in [4.69, 9.17) is 11.6 Å². The zero-order valence-electron chi connectivity index (χ0n) is 16.7.